The maximum absolute atomic E-state index is 10.6. The third-order valence-corrected chi connectivity index (χ3v) is 4.77. The lowest BCUT2D eigenvalue weighted by molar-refractivity contribution is -0.133. The number of hydrogen-bond donors (Lipinski definition) is 1. The normalized spacial score (nSPS) is 10.8. The number of carboxylic acid groups (broad SMARTS) is 1. The minimum Gasteiger partial charge on any atom is -0.481 e. The lowest BCUT2D eigenvalue weighted by Gasteiger charge is -2.06. The SMILES string of the molecule is CCCn1c(SCC(=O)O)nnc1-c1csc(Br)c1. The van der Waals surface area contributed by atoms with Gasteiger partial charge in [0, 0.05) is 17.5 Å². The van der Waals surface area contributed by atoms with E-state index >= 15 is 0 Å². The van der Waals surface area contributed by atoms with Gasteiger partial charge in [0.2, 0.25) is 0 Å². The molecule has 1 N–H and O–H groups in total. The van der Waals surface area contributed by atoms with Gasteiger partial charge in [-0.05, 0) is 28.4 Å². The predicted octanol–water partition coefficient (Wildman–Crippen LogP) is 3.36. The van der Waals surface area contributed by atoms with E-state index in [9.17, 15) is 4.79 Å². The second-order valence-corrected chi connectivity index (χ2v) is 7.01. The third-order valence-electron chi connectivity index (χ3n) is 2.31. The summed E-state index contributed by atoms with van der Waals surface area (Å²) >= 11 is 6.21. The Morgan fingerprint density at radius 1 is 1.58 bits per heavy atom. The molecule has 0 aliphatic carbocycles. The van der Waals surface area contributed by atoms with Gasteiger partial charge in [0.1, 0.15) is 0 Å². The van der Waals surface area contributed by atoms with E-state index in [-0.39, 0.29) is 5.75 Å². The molecule has 2 aromatic heterocycles. The highest BCUT2D eigenvalue weighted by atomic mass is 79.9. The predicted molar refractivity (Wildman–Crippen MR) is 79.7 cm³/mol. The molecule has 0 radical (unpaired) electrons. The van der Waals surface area contributed by atoms with Crippen LogP contribution >= 0.6 is 39.0 Å². The molecule has 0 aromatic carbocycles. The molecule has 102 valence electrons. The van der Waals surface area contributed by atoms with Gasteiger partial charge < -0.3 is 9.67 Å². The molecule has 0 amide bonds. The summed E-state index contributed by atoms with van der Waals surface area (Å²) in [5.41, 5.74) is 1.00. The van der Waals surface area contributed by atoms with Gasteiger partial charge in [-0.2, -0.15) is 0 Å². The molecular formula is C11H12BrN3O2S2. The Hall–Kier alpha value is -0.860. The van der Waals surface area contributed by atoms with Crippen LogP contribution in [0.4, 0.5) is 0 Å². The average Bonchev–Trinajstić information content (AvgIpc) is 2.94. The smallest absolute Gasteiger partial charge is 0.313 e. The lowest BCUT2D eigenvalue weighted by Crippen LogP contribution is -2.04. The molecule has 0 aliphatic heterocycles. The van der Waals surface area contributed by atoms with E-state index in [2.05, 4.69) is 33.1 Å². The monoisotopic (exact) mass is 361 g/mol. The number of rotatable bonds is 6. The standard InChI is InChI=1S/C11H12BrN3O2S2/c1-2-3-15-10(7-4-8(12)18-5-7)13-14-11(15)19-6-9(16)17/h4-5H,2-3,6H2,1H3,(H,16,17). The minimum atomic E-state index is -0.851. The first-order chi connectivity index (χ1) is 9.11. The number of hydrogen-bond acceptors (Lipinski definition) is 5. The summed E-state index contributed by atoms with van der Waals surface area (Å²) < 4.78 is 3.01. The van der Waals surface area contributed by atoms with Gasteiger partial charge in [-0.25, -0.2) is 0 Å². The fourth-order valence-electron chi connectivity index (χ4n) is 1.59. The number of thiophene rings is 1. The zero-order valence-corrected chi connectivity index (χ0v) is 13.4. The highest BCUT2D eigenvalue weighted by Gasteiger charge is 2.15. The average molecular weight is 362 g/mol. The Bertz CT molecular complexity index is 582. The molecule has 2 aromatic rings. The van der Waals surface area contributed by atoms with Gasteiger partial charge in [-0.1, -0.05) is 18.7 Å². The van der Waals surface area contributed by atoms with E-state index in [1.54, 1.807) is 11.3 Å². The van der Waals surface area contributed by atoms with Crippen LogP contribution in [0.25, 0.3) is 11.4 Å². The third kappa shape index (κ3) is 3.58. The second kappa shape index (κ2) is 6.53. The van der Waals surface area contributed by atoms with Gasteiger partial charge in [0.15, 0.2) is 11.0 Å². The number of aromatic nitrogens is 3. The molecular weight excluding hydrogens is 350 g/mol. The fourth-order valence-corrected chi connectivity index (χ4v) is 3.41. The number of carbonyl (C=O) groups is 1. The summed E-state index contributed by atoms with van der Waals surface area (Å²) in [5, 5.41) is 19.7. The second-order valence-electron chi connectivity index (χ2n) is 3.78. The van der Waals surface area contributed by atoms with E-state index in [4.69, 9.17) is 5.11 Å². The van der Waals surface area contributed by atoms with Crippen LogP contribution in [0, 0.1) is 0 Å². The summed E-state index contributed by atoms with van der Waals surface area (Å²) in [4.78, 5) is 10.6. The Kier molecular flexibility index (Phi) is 5.00. The Balaban J connectivity index is 2.31. The van der Waals surface area contributed by atoms with Crippen molar-refractivity contribution < 1.29 is 9.90 Å². The number of halogens is 1. The first kappa shape index (κ1) is 14.5. The van der Waals surface area contributed by atoms with Crippen LogP contribution in [0.2, 0.25) is 0 Å². The van der Waals surface area contributed by atoms with Crippen LogP contribution in [0.5, 0.6) is 0 Å². The first-order valence-corrected chi connectivity index (χ1v) is 8.29. The summed E-state index contributed by atoms with van der Waals surface area (Å²) in [7, 11) is 0. The van der Waals surface area contributed by atoms with Crippen molar-refractivity contribution in [2.24, 2.45) is 0 Å². The molecule has 0 fully saturated rings. The molecule has 0 unspecified atom stereocenters. The molecule has 0 bridgehead atoms. The van der Waals surface area contributed by atoms with Crippen molar-refractivity contribution in [3.8, 4) is 11.4 Å². The van der Waals surface area contributed by atoms with Gasteiger partial charge in [0.05, 0.1) is 9.54 Å². The van der Waals surface area contributed by atoms with Crippen molar-refractivity contribution in [3.63, 3.8) is 0 Å². The summed E-state index contributed by atoms with van der Waals surface area (Å²) in [6.45, 7) is 2.84. The molecule has 0 aliphatic rings. The molecule has 2 rings (SSSR count). The molecule has 8 heteroatoms. The first-order valence-electron chi connectivity index (χ1n) is 5.64. The summed E-state index contributed by atoms with van der Waals surface area (Å²) in [6, 6.07) is 1.99. The highest BCUT2D eigenvalue weighted by molar-refractivity contribution is 9.11. The topological polar surface area (TPSA) is 68.0 Å². The number of carboxylic acids is 1. The molecule has 2 heterocycles. The Morgan fingerprint density at radius 3 is 2.95 bits per heavy atom. The van der Waals surface area contributed by atoms with E-state index < -0.39 is 5.97 Å². The van der Waals surface area contributed by atoms with E-state index in [1.807, 2.05) is 16.0 Å². The maximum atomic E-state index is 10.6. The molecule has 5 nitrogen and oxygen atoms in total. The minimum absolute atomic E-state index is 0.00478. The summed E-state index contributed by atoms with van der Waals surface area (Å²) in [5.74, 6) is -0.0672. The van der Waals surface area contributed by atoms with Crippen molar-refractivity contribution in [1.29, 1.82) is 0 Å². The quantitative estimate of drug-likeness (QED) is 0.798. The van der Waals surface area contributed by atoms with Gasteiger partial charge in [0.25, 0.3) is 0 Å². The zero-order valence-electron chi connectivity index (χ0n) is 10.2. The summed E-state index contributed by atoms with van der Waals surface area (Å²) in [6.07, 6.45) is 0.941. The van der Waals surface area contributed by atoms with Gasteiger partial charge in [-0.3, -0.25) is 4.79 Å². The molecule has 0 atom stereocenters. The highest BCUT2D eigenvalue weighted by Crippen LogP contribution is 2.30. The van der Waals surface area contributed by atoms with E-state index in [0.29, 0.717) is 5.16 Å². The van der Waals surface area contributed by atoms with Gasteiger partial charge in [-0.15, -0.1) is 21.5 Å². The maximum Gasteiger partial charge on any atom is 0.313 e. The van der Waals surface area contributed by atoms with Crippen LogP contribution in [-0.2, 0) is 11.3 Å². The number of thioether (sulfide) groups is 1. The fraction of sp³-hybridized carbons (Fsp3) is 0.364. The number of nitrogens with zero attached hydrogens (tertiary/aromatic N) is 3. The molecule has 0 saturated heterocycles. The molecule has 0 saturated carbocycles. The van der Waals surface area contributed by atoms with Crippen molar-refractivity contribution >= 4 is 45.0 Å². The zero-order chi connectivity index (χ0) is 13.8. The van der Waals surface area contributed by atoms with Crippen LogP contribution in [-0.4, -0.2) is 31.6 Å². The van der Waals surface area contributed by atoms with Crippen LogP contribution in [0.15, 0.2) is 20.4 Å². The molecule has 19 heavy (non-hydrogen) atoms. The van der Waals surface area contributed by atoms with Crippen LogP contribution in [0.3, 0.4) is 0 Å². The van der Waals surface area contributed by atoms with Crippen molar-refractivity contribution in [1.82, 2.24) is 14.8 Å². The van der Waals surface area contributed by atoms with Crippen LogP contribution in [0.1, 0.15) is 13.3 Å². The van der Waals surface area contributed by atoms with E-state index in [0.717, 1.165) is 28.1 Å². The largest absolute Gasteiger partial charge is 0.481 e. The van der Waals surface area contributed by atoms with E-state index in [1.165, 1.54) is 11.8 Å². The number of aliphatic carboxylic acids is 1. The van der Waals surface area contributed by atoms with Crippen molar-refractivity contribution in [3.05, 3.63) is 15.2 Å². The lowest BCUT2D eigenvalue weighted by atomic mass is 10.3. The van der Waals surface area contributed by atoms with Crippen LogP contribution < -0.4 is 0 Å². The van der Waals surface area contributed by atoms with Crippen molar-refractivity contribution in [2.75, 3.05) is 5.75 Å². The Morgan fingerprint density at radius 2 is 2.37 bits per heavy atom. The van der Waals surface area contributed by atoms with Gasteiger partial charge >= 0.3 is 5.97 Å². The molecule has 0 spiro atoms. The Labute approximate surface area is 127 Å². The van der Waals surface area contributed by atoms with Crippen molar-refractivity contribution in [2.45, 2.75) is 25.0 Å².